The average Bonchev–Trinajstić information content (AvgIpc) is 2.96. The summed E-state index contributed by atoms with van der Waals surface area (Å²) in [6, 6.07) is 0.819. The molecule has 2 fully saturated rings. The quantitative estimate of drug-likeness (QED) is 0.772. The number of aromatic nitrogens is 2. The fourth-order valence-electron chi connectivity index (χ4n) is 3.13. The van der Waals surface area contributed by atoms with Gasteiger partial charge in [-0.1, -0.05) is 24.4 Å². The van der Waals surface area contributed by atoms with Crippen LogP contribution in [0.4, 0.5) is 5.82 Å². The fraction of sp³-hybridized carbons (Fsp3) is 0.692. The summed E-state index contributed by atoms with van der Waals surface area (Å²) in [6.07, 6.45) is 7.09. The molecular weight excluding hydrogens is 328 g/mol. The molecule has 0 amide bonds. The minimum absolute atomic E-state index is 0.489. The minimum atomic E-state index is 0.489. The van der Waals surface area contributed by atoms with E-state index >= 15 is 0 Å². The molecule has 0 N–H and O–H groups in total. The van der Waals surface area contributed by atoms with E-state index in [1.807, 2.05) is 0 Å². The van der Waals surface area contributed by atoms with Gasteiger partial charge >= 0.3 is 0 Å². The van der Waals surface area contributed by atoms with Crippen LogP contribution >= 0.6 is 27.5 Å². The van der Waals surface area contributed by atoms with Crippen LogP contribution < -0.4 is 4.90 Å². The standard InChI is InChI=1S/C13H18BrClN4/c14-11-12(15)16-9-17-13(11)19-7-5-18(6-8-19)10-3-1-2-4-10/h9-10H,1-8H2. The van der Waals surface area contributed by atoms with Crippen LogP contribution in [0.25, 0.3) is 0 Å². The van der Waals surface area contributed by atoms with E-state index in [-0.39, 0.29) is 0 Å². The monoisotopic (exact) mass is 344 g/mol. The van der Waals surface area contributed by atoms with Crippen LogP contribution in [0.3, 0.4) is 0 Å². The molecule has 6 heteroatoms. The average molecular weight is 346 g/mol. The highest BCUT2D eigenvalue weighted by molar-refractivity contribution is 9.10. The molecule has 2 aliphatic rings. The lowest BCUT2D eigenvalue weighted by atomic mass is 10.2. The smallest absolute Gasteiger partial charge is 0.148 e. The van der Waals surface area contributed by atoms with Crippen molar-refractivity contribution in [2.24, 2.45) is 0 Å². The Morgan fingerprint density at radius 2 is 1.79 bits per heavy atom. The van der Waals surface area contributed by atoms with Crippen molar-refractivity contribution in [2.75, 3.05) is 31.1 Å². The third-order valence-corrected chi connectivity index (χ3v) is 5.43. The summed E-state index contributed by atoms with van der Waals surface area (Å²) < 4.78 is 0.811. The van der Waals surface area contributed by atoms with Crippen molar-refractivity contribution in [3.8, 4) is 0 Å². The van der Waals surface area contributed by atoms with Crippen LogP contribution in [-0.4, -0.2) is 47.1 Å². The summed E-state index contributed by atoms with van der Waals surface area (Å²) in [5.41, 5.74) is 0. The molecule has 0 atom stereocenters. The Hall–Kier alpha value is -0.390. The first-order chi connectivity index (χ1) is 9.25. The van der Waals surface area contributed by atoms with E-state index in [1.165, 1.54) is 32.0 Å². The SMILES string of the molecule is Clc1ncnc(N2CCN(C3CCCC3)CC2)c1Br. The van der Waals surface area contributed by atoms with E-state index < -0.39 is 0 Å². The summed E-state index contributed by atoms with van der Waals surface area (Å²) in [7, 11) is 0. The molecule has 4 nitrogen and oxygen atoms in total. The largest absolute Gasteiger partial charge is 0.353 e. The number of hydrogen-bond donors (Lipinski definition) is 0. The third kappa shape index (κ3) is 2.88. The predicted octanol–water partition coefficient (Wildman–Crippen LogP) is 2.96. The molecule has 1 aliphatic carbocycles. The van der Waals surface area contributed by atoms with Gasteiger partial charge in [0.25, 0.3) is 0 Å². The molecule has 1 aliphatic heterocycles. The highest BCUT2D eigenvalue weighted by atomic mass is 79.9. The van der Waals surface area contributed by atoms with E-state index in [9.17, 15) is 0 Å². The molecule has 0 aromatic carbocycles. The van der Waals surface area contributed by atoms with Crippen LogP contribution in [-0.2, 0) is 0 Å². The second-order valence-corrected chi connectivity index (χ2v) is 6.41. The van der Waals surface area contributed by atoms with Crippen molar-refractivity contribution in [3.63, 3.8) is 0 Å². The Morgan fingerprint density at radius 3 is 2.47 bits per heavy atom. The van der Waals surface area contributed by atoms with Crippen LogP contribution in [0.1, 0.15) is 25.7 Å². The first kappa shape index (κ1) is 13.6. The number of halogens is 2. The van der Waals surface area contributed by atoms with E-state index in [1.54, 1.807) is 0 Å². The van der Waals surface area contributed by atoms with E-state index in [0.29, 0.717) is 5.15 Å². The molecule has 0 bridgehead atoms. The molecule has 2 heterocycles. The summed E-state index contributed by atoms with van der Waals surface area (Å²) in [5.74, 6) is 0.922. The molecule has 0 unspecified atom stereocenters. The first-order valence-corrected chi connectivity index (χ1v) is 8.08. The fourth-order valence-corrected chi connectivity index (χ4v) is 3.71. The van der Waals surface area contributed by atoms with Crippen LogP contribution in [0, 0.1) is 0 Å². The van der Waals surface area contributed by atoms with Gasteiger partial charge in [-0.25, -0.2) is 9.97 Å². The first-order valence-electron chi connectivity index (χ1n) is 6.90. The molecule has 1 saturated heterocycles. The number of rotatable bonds is 2. The molecule has 1 aromatic heterocycles. The topological polar surface area (TPSA) is 32.3 Å². The summed E-state index contributed by atoms with van der Waals surface area (Å²) >= 11 is 9.52. The Kier molecular flexibility index (Phi) is 4.24. The zero-order chi connectivity index (χ0) is 13.2. The molecule has 1 aromatic rings. The maximum Gasteiger partial charge on any atom is 0.148 e. The number of hydrogen-bond acceptors (Lipinski definition) is 4. The molecule has 3 rings (SSSR count). The van der Waals surface area contributed by atoms with Gasteiger partial charge < -0.3 is 4.90 Å². The summed E-state index contributed by atoms with van der Waals surface area (Å²) in [4.78, 5) is 13.3. The Balaban J connectivity index is 1.64. The van der Waals surface area contributed by atoms with Gasteiger partial charge in [0.05, 0.1) is 4.47 Å². The lowest BCUT2D eigenvalue weighted by Crippen LogP contribution is -2.50. The number of nitrogens with zero attached hydrogens (tertiary/aromatic N) is 4. The van der Waals surface area contributed by atoms with E-state index in [0.717, 1.165) is 42.5 Å². The van der Waals surface area contributed by atoms with Crippen LogP contribution in [0.2, 0.25) is 5.15 Å². The Bertz CT molecular complexity index is 442. The molecule has 0 radical (unpaired) electrons. The van der Waals surface area contributed by atoms with E-state index in [4.69, 9.17) is 11.6 Å². The van der Waals surface area contributed by atoms with Crippen LogP contribution in [0.15, 0.2) is 10.8 Å². The van der Waals surface area contributed by atoms with Crippen molar-refractivity contribution in [3.05, 3.63) is 16.0 Å². The molecule has 19 heavy (non-hydrogen) atoms. The molecule has 1 saturated carbocycles. The maximum absolute atomic E-state index is 6.03. The van der Waals surface area contributed by atoms with Gasteiger partial charge in [-0.05, 0) is 28.8 Å². The number of anilines is 1. The van der Waals surface area contributed by atoms with Gasteiger partial charge in [0.1, 0.15) is 17.3 Å². The second kappa shape index (κ2) is 5.94. The van der Waals surface area contributed by atoms with Crippen molar-refractivity contribution >= 4 is 33.3 Å². The second-order valence-electron chi connectivity index (χ2n) is 5.26. The van der Waals surface area contributed by atoms with Crippen molar-refractivity contribution in [1.82, 2.24) is 14.9 Å². The third-order valence-electron chi connectivity index (χ3n) is 4.18. The normalized spacial score (nSPS) is 22.1. The Morgan fingerprint density at radius 1 is 1.11 bits per heavy atom. The minimum Gasteiger partial charge on any atom is -0.353 e. The molecule has 104 valence electrons. The highest BCUT2D eigenvalue weighted by Crippen LogP contribution is 2.30. The van der Waals surface area contributed by atoms with Crippen LogP contribution in [0.5, 0.6) is 0 Å². The zero-order valence-corrected chi connectivity index (χ0v) is 13.2. The predicted molar refractivity (Wildman–Crippen MR) is 80.8 cm³/mol. The highest BCUT2D eigenvalue weighted by Gasteiger charge is 2.27. The Labute approximate surface area is 127 Å². The lowest BCUT2D eigenvalue weighted by Gasteiger charge is -2.38. The van der Waals surface area contributed by atoms with Gasteiger partial charge in [0.15, 0.2) is 0 Å². The maximum atomic E-state index is 6.03. The van der Waals surface area contributed by atoms with Gasteiger partial charge in [-0.15, -0.1) is 0 Å². The van der Waals surface area contributed by atoms with E-state index in [2.05, 4.69) is 35.7 Å². The molecule has 0 spiro atoms. The lowest BCUT2D eigenvalue weighted by molar-refractivity contribution is 0.187. The van der Waals surface area contributed by atoms with Gasteiger partial charge in [0, 0.05) is 32.2 Å². The van der Waals surface area contributed by atoms with Gasteiger partial charge in [-0.3, -0.25) is 4.90 Å². The zero-order valence-electron chi connectivity index (χ0n) is 10.9. The number of piperazine rings is 1. The van der Waals surface area contributed by atoms with Gasteiger partial charge in [0.2, 0.25) is 0 Å². The van der Waals surface area contributed by atoms with Gasteiger partial charge in [-0.2, -0.15) is 0 Å². The van der Waals surface area contributed by atoms with Crippen molar-refractivity contribution in [2.45, 2.75) is 31.7 Å². The molecular formula is C13H18BrClN4. The summed E-state index contributed by atoms with van der Waals surface area (Å²) in [5, 5.41) is 0.489. The summed E-state index contributed by atoms with van der Waals surface area (Å²) in [6.45, 7) is 4.28. The van der Waals surface area contributed by atoms with Crippen molar-refractivity contribution < 1.29 is 0 Å². The van der Waals surface area contributed by atoms with Crippen molar-refractivity contribution in [1.29, 1.82) is 0 Å².